The first-order valence-electron chi connectivity index (χ1n) is 12.5. The molecule has 2 aromatic rings. The van der Waals surface area contributed by atoms with Crippen LogP contribution in [0.4, 0.5) is 23.5 Å². The second-order valence-corrected chi connectivity index (χ2v) is 9.65. The maximum Gasteiger partial charge on any atom is 0.232 e. The van der Waals surface area contributed by atoms with Crippen LogP contribution in [0.2, 0.25) is 0 Å². The number of rotatable bonds is 4. The summed E-state index contributed by atoms with van der Waals surface area (Å²) in [5.41, 5.74) is 2.61. The molecule has 12 heteroatoms. The van der Waals surface area contributed by atoms with E-state index in [0.29, 0.717) is 6.04 Å². The first-order chi connectivity index (χ1) is 15.7. The first kappa shape index (κ1) is 34.6. The van der Waals surface area contributed by atoms with Gasteiger partial charge in [-0.25, -0.2) is 0 Å². The topological polar surface area (TPSA) is 192 Å². The van der Waals surface area contributed by atoms with Crippen LogP contribution in [0.1, 0.15) is 56.7 Å². The number of hydrogen-bond acceptors (Lipinski definition) is 11. The van der Waals surface area contributed by atoms with Crippen molar-refractivity contribution < 1.29 is 5.71 Å². The molecule has 0 radical (unpaired) electrons. The Morgan fingerprint density at radius 3 is 1.49 bits per heavy atom. The number of anilines is 4. The molecule has 0 amide bonds. The van der Waals surface area contributed by atoms with Gasteiger partial charge in [-0.2, -0.15) is 15.0 Å². The number of piperazine rings is 1. The predicted octanol–water partition coefficient (Wildman–Crippen LogP) is 5.93. The van der Waals surface area contributed by atoms with E-state index in [4.69, 9.17) is 15.0 Å². The molecule has 0 spiro atoms. The monoisotopic (exact) mass is 547 g/mol. The Hall–Kier alpha value is -2.44. The molecular weight excluding hydrogens is 490 g/mol. The molecular formula is C25H58ClN11. The smallest absolute Gasteiger partial charge is 0.232 e. The fraction of sp³-hybridized carbons (Fsp3) is 0.640. The third kappa shape index (κ3) is 8.02. The number of halogens is 1. The number of nitrogens with zero attached hydrogens (tertiary/aromatic N) is 7. The lowest BCUT2D eigenvalue weighted by Crippen LogP contribution is -2.52. The molecule has 0 saturated carbocycles. The van der Waals surface area contributed by atoms with E-state index >= 15 is 0 Å². The molecule has 1 unspecified atom stereocenters. The SMILES string of the molecule is Cc1ccc(N2CCN(c3nc(N4CCCCC4)nc(N4CCCCC4)n3)CC2C)cc1.Cl.N.N.N.N.[HH].[HH].[HH].[HH]. The highest BCUT2D eigenvalue weighted by atomic mass is 35.5. The van der Waals surface area contributed by atoms with Gasteiger partial charge in [0, 0.05) is 63.2 Å². The Balaban J connectivity index is -0.000000480. The van der Waals surface area contributed by atoms with Crippen molar-refractivity contribution >= 4 is 35.9 Å². The van der Waals surface area contributed by atoms with Gasteiger partial charge in [0.25, 0.3) is 0 Å². The Morgan fingerprint density at radius 2 is 1.05 bits per heavy atom. The van der Waals surface area contributed by atoms with Gasteiger partial charge < -0.3 is 44.2 Å². The molecule has 1 aromatic carbocycles. The molecule has 0 bridgehead atoms. The molecule has 220 valence electrons. The van der Waals surface area contributed by atoms with E-state index in [1.54, 1.807) is 0 Å². The molecule has 1 atom stereocenters. The standard InChI is InChI=1S/C25H37N7.ClH.4H3N.4H2/c1-20-9-11-22(12-10-20)32-18-17-31(19-21(32)2)25-27-23(29-13-5-3-6-14-29)26-24(28-25)30-15-7-4-8-16-30;;;;;;;;;/h9-12,21H,3-8,13-19H2,1-2H3;1H;4*1H3;4*1H. The van der Waals surface area contributed by atoms with E-state index in [0.717, 1.165) is 63.7 Å². The number of hydrogen-bond donors (Lipinski definition) is 4. The van der Waals surface area contributed by atoms with Crippen LogP contribution in [0.25, 0.3) is 0 Å². The summed E-state index contributed by atoms with van der Waals surface area (Å²) in [6.07, 6.45) is 7.54. The van der Waals surface area contributed by atoms with Crippen LogP contribution in [0.5, 0.6) is 0 Å². The van der Waals surface area contributed by atoms with Crippen LogP contribution in [-0.4, -0.2) is 66.8 Å². The van der Waals surface area contributed by atoms with E-state index in [-0.39, 0.29) is 42.7 Å². The summed E-state index contributed by atoms with van der Waals surface area (Å²) in [6.45, 7) is 11.5. The quantitative estimate of drug-likeness (QED) is 0.354. The number of piperidine rings is 2. The number of benzene rings is 1. The lowest BCUT2D eigenvalue weighted by atomic mass is 10.1. The molecule has 4 heterocycles. The van der Waals surface area contributed by atoms with Crippen molar-refractivity contribution in [1.29, 1.82) is 0 Å². The molecule has 3 aliphatic heterocycles. The molecule has 37 heavy (non-hydrogen) atoms. The highest BCUT2D eigenvalue weighted by Crippen LogP contribution is 2.27. The van der Waals surface area contributed by atoms with Gasteiger partial charge in [0.15, 0.2) is 0 Å². The summed E-state index contributed by atoms with van der Waals surface area (Å²) >= 11 is 0. The molecule has 1 aromatic heterocycles. The molecule has 5 rings (SSSR count). The van der Waals surface area contributed by atoms with Crippen LogP contribution in [0.15, 0.2) is 24.3 Å². The van der Waals surface area contributed by atoms with Crippen molar-refractivity contribution in [1.82, 2.24) is 39.6 Å². The van der Waals surface area contributed by atoms with Gasteiger partial charge in [-0.05, 0) is 64.5 Å². The van der Waals surface area contributed by atoms with Crippen molar-refractivity contribution in [3.8, 4) is 0 Å². The number of aryl methyl sites for hydroxylation is 1. The van der Waals surface area contributed by atoms with Crippen LogP contribution in [0, 0.1) is 6.92 Å². The van der Waals surface area contributed by atoms with E-state index < -0.39 is 0 Å². The van der Waals surface area contributed by atoms with Crippen LogP contribution in [0.3, 0.4) is 0 Å². The van der Waals surface area contributed by atoms with Gasteiger partial charge in [-0.3, -0.25) is 0 Å². The Labute approximate surface area is 235 Å². The predicted molar refractivity (Wildman–Crippen MR) is 168 cm³/mol. The zero-order valence-corrected chi connectivity index (χ0v) is 23.8. The van der Waals surface area contributed by atoms with Gasteiger partial charge in [0.05, 0.1) is 0 Å². The third-order valence-corrected chi connectivity index (χ3v) is 7.15. The Bertz CT molecular complexity index is 885. The van der Waals surface area contributed by atoms with Crippen LogP contribution >= 0.6 is 12.4 Å². The molecule has 3 saturated heterocycles. The van der Waals surface area contributed by atoms with Crippen molar-refractivity contribution in [3.05, 3.63) is 29.8 Å². The fourth-order valence-electron chi connectivity index (χ4n) is 5.21. The third-order valence-electron chi connectivity index (χ3n) is 7.15. The largest absolute Gasteiger partial charge is 0.365 e. The second-order valence-electron chi connectivity index (χ2n) is 9.65. The second kappa shape index (κ2) is 15.7. The average Bonchev–Trinajstić information content (AvgIpc) is 2.85. The lowest BCUT2D eigenvalue weighted by molar-refractivity contribution is 0.534. The lowest BCUT2D eigenvalue weighted by Gasteiger charge is -2.41. The van der Waals surface area contributed by atoms with Gasteiger partial charge in [-0.1, -0.05) is 17.7 Å². The summed E-state index contributed by atoms with van der Waals surface area (Å²) in [4.78, 5) is 24.6. The van der Waals surface area contributed by atoms with Crippen LogP contribution in [-0.2, 0) is 0 Å². The van der Waals surface area contributed by atoms with Gasteiger partial charge in [0.2, 0.25) is 17.8 Å². The zero-order chi connectivity index (χ0) is 21.9. The molecule has 3 aliphatic rings. The summed E-state index contributed by atoms with van der Waals surface area (Å²) < 4.78 is 0. The minimum absolute atomic E-state index is 0. The van der Waals surface area contributed by atoms with Gasteiger partial charge in [0.1, 0.15) is 0 Å². The number of aromatic nitrogens is 3. The Morgan fingerprint density at radius 1 is 0.622 bits per heavy atom. The maximum absolute atomic E-state index is 5.00. The summed E-state index contributed by atoms with van der Waals surface area (Å²) in [7, 11) is 0. The molecule has 12 N–H and O–H groups in total. The average molecular weight is 548 g/mol. The summed E-state index contributed by atoms with van der Waals surface area (Å²) in [6, 6.07) is 9.30. The summed E-state index contributed by atoms with van der Waals surface area (Å²) in [5.74, 6) is 2.62. The molecule has 0 aliphatic carbocycles. The highest BCUT2D eigenvalue weighted by molar-refractivity contribution is 5.85. The van der Waals surface area contributed by atoms with Crippen molar-refractivity contribution in [2.45, 2.75) is 58.4 Å². The minimum Gasteiger partial charge on any atom is -0.365 e. The fourth-order valence-corrected chi connectivity index (χ4v) is 5.21. The molecule has 11 nitrogen and oxygen atoms in total. The maximum atomic E-state index is 5.00. The van der Waals surface area contributed by atoms with E-state index in [2.05, 4.69) is 57.7 Å². The van der Waals surface area contributed by atoms with Crippen molar-refractivity contribution in [3.63, 3.8) is 0 Å². The van der Waals surface area contributed by atoms with Crippen LogP contribution < -0.4 is 44.2 Å². The minimum atomic E-state index is 0. The normalized spacial score (nSPS) is 19.4. The summed E-state index contributed by atoms with van der Waals surface area (Å²) in [5, 5.41) is 0. The highest BCUT2D eigenvalue weighted by Gasteiger charge is 2.28. The zero-order valence-electron chi connectivity index (χ0n) is 22.9. The van der Waals surface area contributed by atoms with E-state index in [1.807, 2.05) is 0 Å². The van der Waals surface area contributed by atoms with Crippen molar-refractivity contribution in [2.75, 3.05) is 65.4 Å². The first-order valence-corrected chi connectivity index (χ1v) is 12.5. The molecule has 3 fully saturated rings. The Kier molecular flexibility index (Phi) is 14.7. The van der Waals surface area contributed by atoms with E-state index in [9.17, 15) is 0 Å². The van der Waals surface area contributed by atoms with Crippen molar-refractivity contribution in [2.24, 2.45) is 0 Å². The van der Waals surface area contributed by atoms with Gasteiger partial charge >= 0.3 is 0 Å². The van der Waals surface area contributed by atoms with Gasteiger partial charge in [-0.15, -0.1) is 12.4 Å². The van der Waals surface area contributed by atoms with E-state index in [1.165, 1.54) is 49.8 Å².